The lowest BCUT2D eigenvalue weighted by Gasteiger charge is -2.55. The predicted molar refractivity (Wildman–Crippen MR) is 311 cm³/mol. The topological polar surface area (TPSA) is 230 Å². The van der Waals surface area contributed by atoms with E-state index in [1.165, 1.54) is 0 Å². The van der Waals surface area contributed by atoms with Crippen molar-refractivity contribution in [1.29, 1.82) is 0 Å². The maximum Gasteiger partial charge on any atom is 0.336 e. The van der Waals surface area contributed by atoms with Crippen LogP contribution in [0.2, 0.25) is 0 Å². The second kappa shape index (κ2) is 24.3. The van der Waals surface area contributed by atoms with Crippen LogP contribution in [0.4, 0.5) is 0 Å². The van der Waals surface area contributed by atoms with Gasteiger partial charge in [-0.15, -0.1) is 0 Å². The van der Waals surface area contributed by atoms with Crippen LogP contribution in [-0.4, -0.2) is 39.1 Å². The van der Waals surface area contributed by atoms with E-state index in [1.807, 2.05) is 24.3 Å². The molecule has 8 fully saturated rings. The largest absolute Gasteiger partial charge is 0.336 e. The van der Waals surface area contributed by atoms with Crippen molar-refractivity contribution in [3.8, 4) is 0 Å². The standard InChI is InChI=1S/C62H100O12P4/c63-75(64,65)59(47-25-9-1-10-26-47,48-27-11-2-12-28-48)55-41-45-43-57(61(77(69,70)71,51-33-17-5-18-34-51)52-35-19-6-20-36-52)58(62(78(72,73)74,53-37-21-7-22-38-53)54-39-23-8-24-40-54)44-46(45)42-56(55)60(76(66,67)68,49-29-13-3-14-30-49)50-31-15-4-16-32-50/h41-44,47-54H,1-40H2,(H2,63,64,65)(H2,66,67,68)(H2,69,70,71)(H2,72,73,74). The number of rotatable bonds is 16. The maximum atomic E-state index is 15.8. The van der Waals surface area contributed by atoms with Crippen molar-refractivity contribution in [3.05, 3.63) is 46.5 Å². The minimum atomic E-state index is -5.26. The number of benzene rings is 2. The van der Waals surface area contributed by atoms with E-state index < -0.39 is 98.4 Å². The van der Waals surface area contributed by atoms with Crippen molar-refractivity contribution in [2.45, 2.75) is 277 Å². The number of fused-ring (bicyclic) bond motifs is 1. The summed E-state index contributed by atoms with van der Waals surface area (Å²) in [5, 5.41) is -6.25. The van der Waals surface area contributed by atoms with Gasteiger partial charge in [-0.05, 0) is 207 Å². The molecule has 440 valence electrons. The first kappa shape index (κ1) is 60.4. The van der Waals surface area contributed by atoms with Gasteiger partial charge < -0.3 is 39.1 Å². The molecule has 8 aliphatic carbocycles. The van der Waals surface area contributed by atoms with Gasteiger partial charge in [0.2, 0.25) is 0 Å². The SMILES string of the molecule is O=P(O)(O)C(c1cc2cc(C(C3CCCCC3)(C3CCCCC3)P(=O)(O)O)c(C(C3CCCCC3)(C3CCCCC3)P(=O)(O)O)cc2cc1C(C1CCCCC1)(C1CCCCC1)P(=O)(O)O)(C1CCCCC1)C1CCCCC1. The highest BCUT2D eigenvalue weighted by atomic mass is 31.2. The fourth-order valence-electron chi connectivity index (χ4n) is 20.6. The molecule has 8 N–H and O–H groups in total. The van der Waals surface area contributed by atoms with Crippen LogP contribution in [0.3, 0.4) is 0 Å². The van der Waals surface area contributed by atoms with E-state index >= 15 is 18.3 Å². The highest BCUT2D eigenvalue weighted by molar-refractivity contribution is 7.54. The van der Waals surface area contributed by atoms with E-state index in [1.54, 1.807) is 0 Å². The van der Waals surface area contributed by atoms with Gasteiger partial charge in [-0.2, -0.15) is 0 Å². The Morgan fingerprint density at radius 3 is 0.449 bits per heavy atom. The molecule has 12 nitrogen and oxygen atoms in total. The Morgan fingerprint density at radius 2 is 0.346 bits per heavy atom. The first-order chi connectivity index (χ1) is 37.3. The van der Waals surface area contributed by atoms with Gasteiger partial charge in [-0.25, -0.2) is 0 Å². The fourth-order valence-corrected chi connectivity index (χ4v) is 28.5. The highest BCUT2D eigenvalue weighted by Crippen LogP contribution is 2.78. The molecule has 0 bridgehead atoms. The Kier molecular flexibility index (Phi) is 18.9. The quantitative estimate of drug-likeness (QED) is 0.0734. The van der Waals surface area contributed by atoms with Crippen molar-refractivity contribution in [3.63, 3.8) is 0 Å². The summed E-state index contributed by atoms with van der Waals surface area (Å²) in [6.07, 6.45) is 29.0. The Labute approximate surface area is 467 Å². The third-order valence-electron chi connectivity index (χ3n) is 23.6. The molecule has 2 aromatic rings. The molecule has 0 amide bonds. The summed E-state index contributed by atoms with van der Waals surface area (Å²) in [5.41, 5.74) is 1.38. The van der Waals surface area contributed by atoms with E-state index in [0.29, 0.717) is 136 Å². The van der Waals surface area contributed by atoms with Crippen molar-refractivity contribution < 1.29 is 57.4 Å². The van der Waals surface area contributed by atoms with Crippen LogP contribution >= 0.6 is 30.4 Å². The summed E-state index contributed by atoms with van der Waals surface area (Å²) in [5.74, 6) is -3.92. The summed E-state index contributed by atoms with van der Waals surface area (Å²) >= 11 is 0. The van der Waals surface area contributed by atoms with E-state index in [9.17, 15) is 39.1 Å². The average Bonchev–Trinajstić information content (AvgIpc) is 3.63. The Balaban J connectivity index is 1.45. The smallest absolute Gasteiger partial charge is 0.324 e. The minimum absolute atomic E-state index is 0.346. The lowest BCUT2D eigenvalue weighted by Crippen LogP contribution is -2.50. The maximum absolute atomic E-state index is 15.8. The molecule has 0 heterocycles. The van der Waals surface area contributed by atoms with E-state index in [2.05, 4.69) is 0 Å². The summed E-state index contributed by atoms with van der Waals surface area (Å²) in [6.45, 7) is 0. The monoisotopic (exact) mass is 1160 g/mol. The van der Waals surface area contributed by atoms with Gasteiger partial charge in [-0.3, -0.25) is 18.3 Å². The van der Waals surface area contributed by atoms with Crippen molar-refractivity contribution in [2.24, 2.45) is 47.3 Å². The molecule has 8 saturated carbocycles. The zero-order valence-corrected chi connectivity index (χ0v) is 50.8. The van der Waals surface area contributed by atoms with Crippen LogP contribution in [-0.2, 0) is 38.9 Å². The molecule has 0 spiro atoms. The summed E-state index contributed by atoms with van der Waals surface area (Å²) < 4.78 is 63.2. The Hall–Kier alpha value is -0.700. The van der Waals surface area contributed by atoms with Crippen LogP contribution in [0, 0.1) is 47.3 Å². The van der Waals surface area contributed by atoms with Crippen molar-refractivity contribution in [1.82, 2.24) is 0 Å². The van der Waals surface area contributed by atoms with E-state index in [0.717, 1.165) is 154 Å². The summed E-state index contributed by atoms with van der Waals surface area (Å²) in [4.78, 5) is 103. The Bertz CT molecular complexity index is 2130. The zero-order valence-electron chi connectivity index (χ0n) is 47.2. The molecule has 0 radical (unpaired) electrons. The molecule has 0 atom stereocenters. The molecular weight excluding hydrogens is 1060 g/mol. The molecule has 2 aromatic carbocycles. The molecule has 0 aromatic heterocycles. The summed E-state index contributed by atoms with van der Waals surface area (Å²) in [7, 11) is -21.1. The van der Waals surface area contributed by atoms with Gasteiger partial charge in [-0.1, -0.05) is 154 Å². The van der Waals surface area contributed by atoms with Crippen molar-refractivity contribution >= 4 is 41.2 Å². The van der Waals surface area contributed by atoms with Gasteiger partial charge in [0.05, 0.1) is 0 Å². The molecule has 16 heteroatoms. The van der Waals surface area contributed by atoms with Crippen LogP contribution in [0.1, 0.15) is 279 Å². The summed E-state index contributed by atoms with van der Waals surface area (Å²) in [6, 6.07) is 7.62. The molecule has 78 heavy (non-hydrogen) atoms. The van der Waals surface area contributed by atoms with Gasteiger partial charge in [0.15, 0.2) is 0 Å². The molecule has 0 aliphatic heterocycles. The van der Waals surface area contributed by atoms with Crippen LogP contribution in [0.25, 0.3) is 10.8 Å². The van der Waals surface area contributed by atoms with Gasteiger partial charge in [0.25, 0.3) is 0 Å². The molecule has 8 aliphatic rings. The first-order valence-electron chi connectivity index (χ1n) is 32.1. The Morgan fingerprint density at radius 1 is 0.231 bits per heavy atom. The second-order valence-corrected chi connectivity index (χ2v) is 34.6. The first-order valence-corrected chi connectivity index (χ1v) is 38.6. The number of hydrogen-bond acceptors (Lipinski definition) is 4. The van der Waals surface area contributed by atoms with E-state index in [-0.39, 0.29) is 0 Å². The number of hydrogen-bond donors (Lipinski definition) is 8. The highest BCUT2D eigenvalue weighted by Gasteiger charge is 2.68. The zero-order chi connectivity index (χ0) is 55.2. The van der Waals surface area contributed by atoms with Crippen LogP contribution in [0.15, 0.2) is 24.3 Å². The van der Waals surface area contributed by atoms with Gasteiger partial charge >= 0.3 is 30.4 Å². The minimum Gasteiger partial charge on any atom is -0.324 e. The van der Waals surface area contributed by atoms with Crippen molar-refractivity contribution in [2.75, 3.05) is 0 Å². The fraction of sp³-hybridized carbons (Fsp3) is 0.839. The molecule has 0 unspecified atom stereocenters. The predicted octanol–water partition coefficient (Wildman–Crippen LogP) is 17.0. The van der Waals surface area contributed by atoms with Crippen LogP contribution in [0.5, 0.6) is 0 Å². The third kappa shape index (κ3) is 10.5. The third-order valence-corrected chi connectivity index (χ3v) is 31.3. The normalized spacial score (nSPS) is 25.0. The second-order valence-electron chi connectivity index (χ2n) is 27.3. The van der Waals surface area contributed by atoms with E-state index in [4.69, 9.17) is 0 Å². The lowest BCUT2D eigenvalue weighted by molar-refractivity contribution is 0.117. The molecule has 0 saturated heterocycles. The average molecular weight is 1160 g/mol. The van der Waals surface area contributed by atoms with Gasteiger partial charge in [0, 0.05) is 0 Å². The van der Waals surface area contributed by atoms with Crippen LogP contribution < -0.4 is 0 Å². The molecular formula is C62H100O12P4. The molecule has 10 rings (SSSR count). The van der Waals surface area contributed by atoms with Gasteiger partial charge in [0.1, 0.15) is 20.6 Å². The lowest BCUT2D eigenvalue weighted by atomic mass is 9.59.